The third-order valence-electron chi connectivity index (χ3n) is 4.22. The second-order valence-electron chi connectivity index (χ2n) is 6.16. The first-order valence-electron chi connectivity index (χ1n) is 8.35. The number of carbonyl (C=O) groups is 1. The van der Waals surface area contributed by atoms with Gasteiger partial charge < -0.3 is 10.6 Å². The molecule has 0 spiro atoms. The summed E-state index contributed by atoms with van der Waals surface area (Å²) >= 11 is 0. The fourth-order valence-corrected chi connectivity index (χ4v) is 2.94. The first-order valence-corrected chi connectivity index (χ1v) is 8.35. The zero-order valence-corrected chi connectivity index (χ0v) is 13.3. The summed E-state index contributed by atoms with van der Waals surface area (Å²) < 4.78 is 0. The van der Waals surface area contributed by atoms with Gasteiger partial charge in [-0.15, -0.1) is 0 Å². The molecule has 1 saturated carbocycles. The van der Waals surface area contributed by atoms with Crippen molar-refractivity contribution in [2.45, 2.75) is 70.9 Å². The molecule has 1 aromatic rings. The molecule has 3 nitrogen and oxygen atoms in total. The largest absolute Gasteiger partial charge is 0.374 e. The van der Waals surface area contributed by atoms with Crippen LogP contribution >= 0.6 is 0 Å². The highest BCUT2D eigenvalue weighted by Crippen LogP contribution is 2.18. The van der Waals surface area contributed by atoms with E-state index < -0.39 is 0 Å². The molecule has 0 heterocycles. The summed E-state index contributed by atoms with van der Waals surface area (Å²) in [5, 5.41) is 6.46. The van der Waals surface area contributed by atoms with Gasteiger partial charge in [-0.25, -0.2) is 0 Å². The van der Waals surface area contributed by atoms with Crippen LogP contribution in [0.25, 0.3) is 0 Å². The molecule has 1 atom stereocenters. The molecule has 1 aliphatic rings. The van der Waals surface area contributed by atoms with E-state index in [9.17, 15) is 4.79 Å². The lowest BCUT2D eigenvalue weighted by Crippen LogP contribution is -2.43. The zero-order valence-electron chi connectivity index (χ0n) is 13.3. The highest BCUT2D eigenvalue weighted by molar-refractivity contribution is 5.84. The molecule has 0 aromatic heterocycles. The lowest BCUT2D eigenvalue weighted by atomic mass is 9.95. The monoisotopic (exact) mass is 288 g/mol. The maximum Gasteiger partial charge on any atom is 0.242 e. The second kappa shape index (κ2) is 8.06. The summed E-state index contributed by atoms with van der Waals surface area (Å²) in [5.41, 5.74) is 2.36. The van der Waals surface area contributed by atoms with Gasteiger partial charge in [0.25, 0.3) is 0 Å². The molecule has 0 bridgehead atoms. The van der Waals surface area contributed by atoms with Crippen molar-refractivity contribution in [1.29, 1.82) is 0 Å². The summed E-state index contributed by atoms with van der Waals surface area (Å²) in [7, 11) is 0. The predicted molar refractivity (Wildman–Crippen MR) is 88.5 cm³/mol. The lowest BCUT2D eigenvalue weighted by molar-refractivity contribution is -0.122. The van der Waals surface area contributed by atoms with Crippen molar-refractivity contribution in [3.63, 3.8) is 0 Å². The smallest absolute Gasteiger partial charge is 0.242 e. The Kier molecular flexibility index (Phi) is 6.09. The van der Waals surface area contributed by atoms with Crippen molar-refractivity contribution < 1.29 is 4.79 Å². The average Bonchev–Trinajstić information content (AvgIpc) is 2.50. The van der Waals surface area contributed by atoms with Crippen LogP contribution in [0, 0.1) is 0 Å². The van der Waals surface area contributed by atoms with E-state index in [1.54, 1.807) is 0 Å². The molecule has 3 heteroatoms. The van der Waals surface area contributed by atoms with Crippen molar-refractivity contribution in [3.05, 3.63) is 29.8 Å². The molecular weight excluding hydrogens is 260 g/mol. The second-order valence-corrected chi connectivity index (χ2v) is 6.16. The van der Waals surface area contributed by atoms with Gasteiger partial charge in [0, 0.05) is 11.7 Å². The Morgan fingerprint density at radius 1 is 1.19 bits per heavy atom. The first kappa shape index (κ1) is 15.9. The van der Waals surface area contributed by atoms with Crippen LogP contribution in [0.2, 0.25) is 0 Å². The SMILES string of the molecule is CCCc1ccc(NC(C)C(=O)NC2CCCCC2)cc1. The highest BCUT2D eigenvalue weighted by atomic mass is 16.2. The highest BCUT2D eigenvalue weighted by Gasteiger charge is 2.19. The topological polar surface area (TPSA) is 41.1 Å². The van der Waals surface area contributed by atoms with Crippen LogP contribution in [0.5, 0.6) is 0 Å². The van der Waals surface area contributed by atoms with Gasteiger partial charge in [0.05, 0.1) is 0 Å². The van der Waals surface area contributed by atoms with E-state index in [1.165, 1.54) is 24.8 Å². The molecule has 0 saturated heterocycles. The molecule has 1 amide bonds. The molecule has 21 heavy (non-hydrogen) atoms. The molecule has 116 valence electrons. The van der Waals surface area contributed by atoms with Crippen LogP contribution in [0.3, 0.4) is 0 Å². The summed E-state index contributed by atoms with van der Waals surface area (Å²) in [6, 6.07) is 8.59. The van der Waals surface area contributed by atoms with Gasteiger partial charge in [-0.1, -0.05) is 44.7 Å². The molecule has 1 fully saturated rings. The average molecular weight is 288 g/mol. The van der Waals surface area contributed by atoms with Gasteiger partial charge in [0.15, 0.2) is 0 Å². The van der Waals surface area contributed by atoms with Gasteiger partial charge in [0.2, 0.25) is 5.91 Å². The third-order valence-corrected chi connectivity index (χ3v) is 4.22. The van der Waals surface area contributed by atoms with Crippen molar-refractivity contribution in [3.8, 4) is 0 Å². The number of amides is 1. The Balaban J connectivity index is 1.81. The Morgan fingerprint density at radius 2 is 1.86 bits per heavy atom. The molecular formula is C18H28N2O. The summed E-state index contributed by atoms with van der Waals surface area (Å²) in [5.74, 6) is 0.111. The minimum Gasteiger partial charge on any atom is -0.374 e. The van der Waals surface area contributed by atoms with Crippen LogP contribution in [0.15, 0.2) is 24.3 Å². The van der Waals surface area contributed by atoms with Gasteiger partial charge in [-0.2, -0.15) is 0 Å². The molecule has 2 rings (SSSR count). The normalized spacial score (nSPS) is 17.2. The van der Waals surface area contributed by atoms with Crippen LogP contribution < -0.4 is 10.6 Å². The van der Waals surface area contributed by atoms with Crippen molar-refractivity contribution >= 4 is 11.6 Å². The Morgan fingerprint density at radius 3 is 2.48 bits per heavy atom. The number of aryl methyl sites for hydroxylation is 1. The minimum atomic E-state index is -0.191. The summed E-state index contributed by atoms with van der Waals surface area (Å²) in [4.78, 5) is 12.2. The maximum atomic E-state index is 12.2. The Hall–Kier alpha value is -1.51. The van der Waals surface area contributed by atoms with E-state index in [0.717, 1.165) is 31.4 Å². The summed E-state index contributed by atoms with van der Waals surface area (Å²) in [6.07, 6.45) is 8.32. The van der Waals surface area contributed by atoms with Gasteiger partial charge in [-0.3, -0.25) is 4.79 Å². The number of nitrogens with one attached hydrogen (secondary N) is 2. The quantitative estimate of drug-likeness (QED) is 0.834. The fraction of sp³-hybridized carbons (Fsp3) is 0.611. The minimum absolute atomic E-state index is 0.111. The van der Waals surface area contributed by atoms with E-state index in [2.05, 4.69) is 41.8 Å². The number of hydrogen-bond donors (Lipinski definition) is 2. The van der Waals surface area contributed by atoms with Gasteiger partial charge in [-0.05, 0) is 43.9 Å². The molecule has 1 unspecified atom stereocenters. The van der Waals surface area contributed by atoms with E-state index >= 15 is 0 Å². The molecule has 1 aliphatic carbocycles. The number of benzene rings is 1. The molecule has 0 aliphatic heterocycles. The van der Waals surface area contributed by atoms with Crippen LogP contribution in [-0.4, -0.2) is 18.0 Å². The number of rotatable bonds is 6. The molecule has 1 aromatic carbocycles. The number of hydrogen-bond acceptors (Lipinski definition) is 2. The van der Waals surface area contributed by atoms with Crippen LogP contribution in [-0.2, 0) is 11.2 Å². The lowest BCUT2D eigenvalue weighted by Gasteiger charge is -2.25. The van der Waals surface area contributed by atoms with Crippen LogP contribution in [0.4, 0.5) is 5.69 Å². The molecule has 2 N–H and O–H groups in total. The predicted octanol–water partition coefficient (Wildman–Crippen LogP) is 3.89. The van der Waals surface area contributed by atoms with Crippen molar-refractivity contribution in [1.82, 2.24) is 5.32 Å². The Bertz CT molecular complexity index is 435. The first-order chi connectivity index (χ1) is 10.2. The van der Waals surface area contributed by atoms with Gasteiger partial charge >= 0.3 is 0 Å². The molecule has 0 radical (unpaired) electrons. The standard InChI is InChI=1S/C18H28N2O/c1-3-7-15-10-12-17(13-11-15)19-14(2)18(21)20-16-8-5-4-6-9-16/h10-14,16,19H,3-9H2,1-2H3,(H,20,21). The van der Waals surface area contributed by atoms with E-state index in [4.69, 9.17) is 0 Å². The Labute approximate surface area is 128 Å². The fourth-order valence-electron chi connectivity index (χ4n) is 2.94. The van der Waals surface area contributed by atoms with Crippen molar-refractivity contribution in [2.75, 3.05) is 5.32 Å². The van der Waals surface area contributed by atoms with Gasteiger partial charge in [0.1, 0.15) is 6.04 Å². The zero-order chi connectivity index (χ0) is 15.1. The number of anilines is 1. The van der Waals surface area contributed by atoms with E-state index in [-0.39, 0.29) is 11.9 Å². The summed E-state index contributed by atoms with van der Waals surface area (Å²) in [6.45, 7) is 4.11. The van der Waals surface area contributed by atoms with E-state index in [1.807, 2.05) is 6.92 Å². The van der Waals surface area contributed by atoms with Crippen LogP contribution in [0.1, 0.15) is 57.9 Å². The number of carbonyl (C=O) groups excluding carboxylic acids is 1. The van der Waals surface area contributed by atoms with E-state index in [0.29, 0.717) is 6.04 Å². The maximum absolute atomic E-state index is 12.2. The van der Waals surface area contributed by atoms with Crippen molar-refractivity contribution in [2.24, 2.45) is 0 Å². The third kappa shape index (κ3) is 5.07.